The van der Waals surface area contributed by atoms with Crippen LogP contribution in [0, 0.1) is 5.92 Å². The van der Waals surface area contributed by atoms with Gasteiger partial charge < -0.3 is 5.32 Å². The molecule has 0 bridgehead atoms. The third kappa shape index (κ3) is 1.98. The molecular weight excluding hydrogens is 232 g/mol. The van der Waals surface area contributed by atoms with E-state index < -0.39 is 0 Å². The number of aromatic nitrogens is 2. The largest absolute Gasteiger partial charge is 0.344 e. The van der Waals surface area contributed by atoms with Crippen LogP contribution in [0.1, 0.15) is 19.3 Å². The minimum Gasteiger partial charge on any atom is -0.344 e. The Bertz CT molecular complexity index is 492. The number of nitrogens with zero attached hydrogens (tertiary/aromatic N) is 3. The molecule has 2 fully saturated rings. The minimum absolute atomic E-state index is 0.0259. The molecule has 6 nitrogen and oxygen atoms in total. The Labute approximate surface area is 105 Å². The number of carbonyl (C=O) groups excluding carboxylic acids is 2. The highest BCUT2D eigenvalue weighted by molar-refractivity contribution is 6.01. The zero-order valence-corrected chi connectivity index (χ0v) is 10.3. The summed E-state index contributed by atoms with van der Waals surface area (Å²) in [6, 6.07) is 1.44. The molecule has 2 heterocycles. The molecular formula is C12H16N4O2. The summed E-state index contributed by atoms with van der Waals surface area (Å²) < 4.78 is 1.66. The maximum atomic E-state index is 12.4. The van der Waals surface area contributed by atoms with Gasteiger partial charge in [-0.3, -0.25) is 19.2 Å². The van der Waals surface area contributed by atoms with Gasteiger partial charge in [-0.25, -0.2) is 0 Å². The van der Waals surface area contributed by atoms with Crippen molar-refractivity contribution in [1.82, 2.24) is 15.1 Å². The van der Waals surface area contributed by atoms with Gasteiger partial charge in [0.2, 0.25) is 5.91 Å². The first-order valence-electron chi connectivity index (χ1n) is 6.25. The Kier molecular flexibility index (Phi) is 2.57. The standard InChI is InChI=1S/C12H16N4O2/c1-15-6-4-9(14-15)16-7-5-10(17)13-11(12(16)18)8-2-3-8/h4,6,8,11H,2-3,5,7H2,1H3,(H,13,17). The van der Waals surface area contributed by atoms with Gasteiger partial charge in [0.25, 0.3) is 5.91 Å². The molecule has 2 aliphatic rings. The second-order valence-electron chi connectivity index (χ2n) is 4.97. The maximum Gasteiger partial charge on any atom is 0.251 e. The van der Waals surface area contributed by atoms with Gasteiger partial charge in [-0.1, -0.05) is 0 Å². The van der Waals surface area contributed by atoms with E-state index in [4.69, 9.17) is 0 Å². The third-order valence-electron chi connectivity index (χ3n) is 3.48. The number of hydrogen-bond donors (Lipinski definition) is 1. The van der Waals surface area contributed by atoms with Crippen molar-refractivity contribution in [2.45, 2.75) is 25.3 Å². The number of hydrogen-bond acceptors (Lipinski definition) is 3. The van der Waals surface area contributed by atoms with Gasteiger partial charge in [-0.15, -0.1) is 0 Å². The summed E-state index contributed by atoms with van der Waals surface area (Å²) in [4.78, 5) is 25.7. The number of carbonyl (C=O) groups is 2. The predicted molar refractivity (Wildman–Crippen MR) is 64.8 cm³/mol. The van der Waals surface area contributed by atoms with Gasteiger partial charge in [0, 0.05) is 32.3 Å². The zero-order chi connectivity index (χ0) is 12.7. The second-order valence-corrected chi connectivity index (χ2v) is 4.97. The molecule has 0 aromatic carbocycles. The van der Waals surface area contributed by atoms with Crippen LogP contribution in [0.15, 0.2) is 12.3 Å². The molecule has 1 atom stereocenters. The van der Waals surface area contributed by atoms with Crippen LogP contribution in [0.2, 0.25) is 0 Å². The van der Waals surface area contributed by atoms with Gasteiger partial charge in [-0.2, -0.15) is 5.10 Å². The van der Waals surface area contributed by atoms with E-state index in [0.717, 1.165) is 12.8 Å². The number of nitrogens with one attached hydrogen (secondary N) is 1. The van der Waals surface area contributed by atoms with Gasteiger partial charge in [0.05, 0.1) is 0 Å². The Balaban J connectivity index is 1.88. The summed E-state index contributed by atoms with van der Waals surface area (Å²) in [7, 11) is 1.81. The first-order valence-corrected chi connectivity index (χ1v) is 6.25. The van der Waals surface area contributed by atoms with Gasteiger partial charge in [0.1, 0.15) is 6.04 Å². The van der Waals surface area contributed by atoms with Gasteiger partial charge in [0.15, 0.2) is 5.82 Å². The molecule has 1 saturated heterocycles. The van der Waals surface area contributed by atoms with Crippen molar-refractivity contribution in [2.24, 2.45) is 13.0 Å². The third-order valence-corrected chi connectivity index (χ3v) is 3.48. The lowest BCUT2D eigenvalue weighted by Gasteiger charge is -2.21. The molecule has 3 rings (SSSR count). The van der Waals surface area contributed by atoms with Gasteiger partial charge >= 0.3 is 0 Å². The predicted octanol–water partition coefficient (Wildman–Crippen LogP) is 0.0516. The van der Waals surface area contributed by atoms with Crippen LogP contribution >= 0.6 is 0 Å². The molecule has 6 heteroatoms. The van der Waals surface area contributed by atoms with E-state index >= 15 is 0 Å². The highest BCUT2D eigenvalue weighted by Crippen LogP contribution is 2.34. The SMILES string of the molecule is Cn1ccc(N2CCC(=O)NC(C3CC3)C2=O)n1. The van der Waals surface area contributed by atoms with E-state index in [-0.39, 0.29) is 17.9 Å². The van der Waals surface area contributed by atoms with Crippen LogP contribution in [-0.2, 0) is 16.6 Å². The molecule has 1 unspecified atom stereocenters. The molecule has 0 radical (unpaired) electrons. The van der Waals surface area contributed by atoms with E-state index in [0.29, 0.717) is 24.7 Å². The molecule has 2 amide bonds. The van der Waals surface area contributed by atoms with Crippen molar-refractivity contribution in [3.05, 3.63) is 12.3 Å². The second kappa shape index (κ2) is 4.12. The van der Waals surface area contributed by atoms with Crippen molar-refractivity contribution in [1.29, 1.82) is 0 Å². The molecule has 1 N–H and O–H groups in total. The highest BCUT2D eigenvalue weighted by atomic mass is 16.2. The van der Waals surface area contributed by atoms with Crippen LogP contribution in [0.5, 0.6) is 0 Å². The number of amides is 2. The fourth-order valence-corrected chi connectivity index (χ4v) is 2.32. The smallest absolute Gasteiger partial charge is 0.251 e. The summed E-state index contributed by atoms with van der Waals surface area (Å²) >= 11 is 0. The monoisotopic (exact) mass is 248 g/mol. The lowest BCUT2D eigenvalue weighted by Crippen LogP contribution is -2.46. The maximum absolute atomic E-state index is 12.4. The zero-order valence-electron chi connectivity index (χ0n) is 10.3. The Morgan fingerprint density at radius 3 is 2.78 bits per heavy atom. The Hall–Kier alpha value is -1.85. The molecule has 1 saturated carbocycles. The van der Waals surface area contributed by atoms with Crippen LogP contribution < -0.4 is 10.2 Å². The van der Waals surface area contributed by atoms with E-state index in [1.54, 1.807) is 21.8 Å². The van der Waals surface area contributed by atoms with Crippen LogP contribution in [0.4, 0.5) is 5.82 Å². The average Bonchev–Trinajstić information content (AvgIpc) is 3.10. The van der Waals surface area contributed by atoms with Gasteiger partial charge in [-0.05, 0) is 18.8 Å². The Morgan fingerprint density at radius 1 is 1.39 bits per heavy atom. The van der Waals surface area contributed by atoms with E-state index in [2.05, 4.69) is 10.4 Å². The molecule has 0 spiro atoms. The molecule has 1 aromatic rings. The van der Waals surface area contributed by atoms with E-state index in [9.17, 15) is 9.59 Å². The summed E-state index contributed by atoms with van der Waals surface area (Å²) in [6.07, 6.45) is 4.18. The lowest BCUT2D eigenvalue weighted by molar-refractivity contribution is -0.126. The van der Waals surface area contributed by atoms with Crippen molar-refractivity contribution in [2.75, 3.05) is 11.4 Å². The molecule has 1 aliphatic carbocycles. The lowest BCUT2D eigenvalue weighted by atomic mass is 10.1. The van der Waals surface area contributed by atoms with Crippen LogP contribution in [0.3, 0.4) is 0 Å². The summed E-state index contributed by atoms with van der Waals surface area (Å²) in [5.74, 6) is 0.871. The van der Waals surface area contributed by atoms with Crippen LogP contribution in [-0.4, -0.2) is 34.2 Å². The van der Waals surface area contributed by atoms with E-state index in [1.165, 1.54) is 0 Å². The van der Waals surface area contributed by atoms with Crippen molar-refractivity contribution in [3.63, 3.8) is 0 Å². The molecule has 18 heavy (non-hydrogen) atoms. The fourth-order valence-electron chi connectivity index (χ4n) is 2.32. The molecule has 96 valence electrons. The normalized spacial score (nSPS) is 24.9. The first-order chi connectivity index (χ1) is 8.65. The topological polar surface area (TPSA) is 67.2 Å². The molecule has 1 aromatic heterocycles. The van der Waals surface area contributed by atoms with Crippen molar-refractivity contribution >= 4 is 17.6 Å². The van der Waals surface area contributed by atoms with Crippen LogP contribution in [0.25, 0.3) is 0 Å². The van der Waals surface area contributed by atoms with Crippen molar-refractivity contribution < 1.29 is 9.59 Å². The minimum atomic E-state index is -0.359. The number of anilines is 1. The summed E-state index contributed by atoms with van der Waals surface area (Å²) in [5, 5.41) is 7.08. The summed E-state index contributed by atoms with van der Waals surface area (Å²) in [5.41, 5.74) is 0. The number of rotatable bonds is 2. The molecule has 1 aliphatic heterocycles. The quantitative estimate of drug-likeness (QED) is 0.804. The highest BCUT2D eigenvalue weighted by Gasteiger charge is 2.41. The van der Waals surface area contributed by atoms with E-state index in [1.807, 2.05) is 7.05 Å². The first kappa shape index (κ1) is 11.3. The Morgan fingerprint density at radius 2 is 2.17 bits per heavy atom. The summed E-state index contributed by atoms with van der Waals surface area (Å²) in [6.45, 7) is 0.408. The number of aryl methyl sites for hydroxylation is 1. The fraction of sp³-hybridized carbons (Fsp3) is 0.583. The average molecular weight is 248 g/mol. The van der Waals surface area contributed by atoms with Crippen molar-refractivity contribution in [3.8, 4) is 0 Å².